The van der Waals surface area contributed by atoms with Gasteiger partial charge in [0.1, 0.15) is 29.3 Å². The Balaban J connectivity index is 2.23. The summed E-state index contributed by atoms with van der Waals surface area (Å²) in [6.07, 6.45) is 2.86. The smallest absolute Gasteiger partial charge is 0.342 e. The van der Waals surface area contributed by atoms with Gasteiger partial charge in [0.25, 0.3) is 0 Å². The van der Waals surface area contributed by atoms with E-state index >= 15 is 0 Å². The minimum Gasteiger partial charge on any atom is -0.488 e. The molecule has 2 rings (SSSR count). The molecule has 7 heteroatoms. The fourth-order valence-electron chi connectivity index (χ4n) is 2.26. The highest BCUT2D eigenvalue weighted by Gasteiger charge is 2.21. The number of ether oxygens (including phenoxy) is 3. The van der Waals surface area contributed by atoms with Gasteiger partial charge in [0.15, 0.2) is 0 Å². The maximum atomic E-state index is 12.1. The number of hydrogen-bond acceptors (Lipinski definition) is 6. The molecule has 0 aliphatic rings. The first-order valence-electron chi connectivity index (χ1n) is 7.83. The zero-order chi connectivity index (χ0) is 18.4. The summed E-state index contributed by atoms with van der Waals surface area (Å²) in [4.78, 5) is 23.4. The molecule has 25 heavy (non-hydrogen) atoms. The standard InChI is InChI=1S/C18H19BrO6/c1-4-22-16(20)7-6-8-24-15-9-12-14(10-13(15)19)25-11(3)17(12)18(21)23-5-2/h6-7,9-10H,4-5,8H2,1-3H3. The number of carbonyl (C=O) groups is 2. The van der Waals surface area contributed by atoms with Crippen LogP contribution in [0.1, 0.15) is 30.0 Å². The van der Waals surface area contributed by atoms with Crippen molar-refractivity contribution < 1.29 is 28.2 Å². The van der Waals surface area contributed by atoms with Crippen molar-refractivity contribution >= 4 is 38.8 Å². The minimum atomic E-state index is -0.436. The number of fused-ring (bicyclic) bond motifs is 1. The summed E-state index contributed by atoms with van der Waals surface area (Å²) in [5.74, 6) is 0.150. The molecule has 1 aromatic heterocycles. The highest BCUT2D eigenvalue weighted by atomic mass is 79.9. The lowest BCUT2D eigenvalue weighted by Gasteiger charge is -2.06. The lowest BCUT2D eigenvalue weighted by Crippen LogP contribution is -2.05. The summed E-state index contributed by atoms with van der Waals surface area (Å²) in [6, 6.07) is 3.44. The Morgan fingerprint density at radius 1 is 1.20 bits per heavy atom. The first-order valence-corrected chi connectivity index (χ1v) is 8.63. The van der Waals surface area contributed by atoms with E-state index in [0.717, 1.165) is 0 Å². The van der Waals surface area contributed by atoms with Gasteiger partial charge in [-0.1, -0.05) is 0 Å². The predicted octanol–water partition coefficient (Wildman–Crippen LogP) is 4.18. The lowest BCUT2D eigenvalue weighted by atomic mass is 10.1. The number of benzene rings is 1. The fraction of sp³-hybridized carbons (Fsp3) is 0.333. The molecule has 0 unspecified atom stereocenters. The number of aryl methyl sites for hydroxylation is 1. The van der Waals surface area contributed by atoms with E-state index in [4.69, 9.17) is 18.6 Å². The largest absolute Gasteiger partial charge is 0.488 e. The number of hydrogen-bond donors (Lipinski definition) is 0. The fourth-order valence-corrected chi connectivity index (χ4v) is 2.70. The van der Waals surface area contributed by atoms with E-state index in [0.29, 0.717) is 39.1 Å². The second-order valence-corrected chi connectivity index (χ2v) is 5.85. The van der Waals surface area contributed by atoms with Crippen LogP contribution in [0.4, 0.5) is 0 Å². The molecule has 2 aromatic rings. The molecule has 0 saturated carbocycles. The molecule has 6 nitrogen and oxygen atoms in total. The average molecular weight is 411 g/mol. The number of halogens is 1. The number of rotatable bonds is 7. The highest BCUT2D eigenvalue weighted by molar-refractivity contribution is 9.10. The Morgan fingerprint density at radius 2 is 1.92 bits per heavy atom. The summed E-state index contributed by atoms with van der Waals surface area (Å²) in [7, 11) is 0. The van der Waals surface area contributed by atoms with E-state index in [1.165, 1.54) is 6.08 Å². The molecular weight excluding hydrogens is 392 g/mol. The molecule has 0 N–H and O–H groups in total. The Kier molecular flexibility index (Phi) is 6.64. The molecular formula is C18H19BrO6. The first-order chi connectivity index (χ1) is 12.0. The van der Waals surface area contributed by atoms with Gasteiger partial charge in [-0.25, -0.2) is 9.59 Å². The van der Waals surface area contributed by atoms with Crippen molar-refractivity contribution in [1.82, 2.24) is 0 Å². The molecule has 1 heterocycles. The van der Waals surface area contributed by atoms with Crippen molar-refractivity contribution in [2.24, 2.45) is 0 Å². The summed E-state index contributed by atoms with van der Waals surface area (Å²) >= 11 is 3.41. The molecule has 0 fully saturated rings. The van der Waals surface area contributed by atoms with E-state index in [-0.39, 0.29) is 13.2 Å². The second kappa shape index (κ2) is 8.71. The van der Waals surface area contributed by atoms with Crippen LogP contribution in [0, 0.1) is 6.92 Å². The normalized spacial score (nSPS) is 11.0. The third kappa shape index (κ3) is 4.63. The van der Waals surface area contributed by atoms with Gasteiger partial charge in [0, 0.05) is 11.5 Å². The van der Waals surface area contributed by atoms with E-state index in [1.807, 2.05) is 0 Å². The summed E-state index contributed by atoms with van der Waals surface area (Å²) in [6.45, 7) is 5.97. The molecule has 0 bridgehead atoms. The van der Waals surface area contributed by atoms with Crippen LogP contribution in [-0.4, -0.2) is 31.8 Å². The van der Waals surface area contributed by atoms with E-state index < -0.39 is 11.9 Å². The van der Waals surface area contributed by atoms with Crippen molar-refractivity contribution in [2.75, 3.05) is 19.8 Å². The van der Waals surface area contributed by atoms with E-state index in [2.05, 4.69) is 15.9 Å². The van der Waals surface area contributed by atoms with E-state index in [1.54, 1.807) is 39.0 Å². The van der Waals surface area contributed by atoms with Gasteiger partial charge >= 0.3 is 11.9 Å². The van der Waals surface area contributed by atoms with Crippen LogP contribution in [0.25, 0.3) is 11.0 Å². The van der Waals surface area contributed by atoms with Crippen molar-refractivity contribution in [1.29, 1.82) is 0 Å². The van der Waals surface area contributed by atoms with Gasteiger partial charge in [0.2, 0.25) is 0 Å². The molecule has 0 radical (unpaired) electrons. The topological polar surface area (TPSA) is 75.0 Å². The number of esters is 2. The van der Waals surface area contributed by atoms with Crippen LogP contribution in [0.2, 0.25) is 0 Å². The molecule has 1 aromatic carbocycles. The molecule has 0 aliphatic carbocycles. The molecule has 0 aliphatic heterocycles. The van der Waals surface area contributed by atoms with Crippen LogP contribution in [-0.2, 0) is 14.3 Å². The Morgan fingerprint density at radius 3 is 2.60 bits per heavy atom. The zero-order valence-electron chi connectivity index (χ0n) is 14.3. The third-order valence-corrected chi connectivity index (χ3v) is 3.89. The third-order valence-electron chi connectivity index (χ3n) is 3.27. The Hall–Kier alpha value is -2.28. The Bertz CT molecular complexity index is 805. The van der Waals surface area contributed by atoms with Crippen LogP contribution in [0.3, 0.4) is 0 Å². The number of carbonyl (C=O) groups excluding carboxylic acids is 2. The molecule has 0 saturated heterocycles. The average Bonchev–Trinajstić information content (AvgIpc) is 2.86. The summed E-state index contributed by atoms with van der Waals surface area (Å²) < 4.78 is 21.8. The van der Waals surface area contributed by atoms with Gasteiger partial charge < -0.3 is 18.6 Å². The SMILES string of the molecule is CCOC(=O)C=CCOc1cc2c(C(=O)OCC)c(C)oc2cc1Br. The van der Waals surface area contributed by atoms with Crippen molar-refractivity contribution in [3.63, 3.8) is 0 Å². The van der Waals surface area contributed by atoms with Gasteiger partial charge in [-0.2, -0.15) is 0 Å². The van der Waals surface area contributed by atoms with Crippen molar-refractivity contribution in [2.45, 2.75) is 20.8 Å². The van der Waals surface area contributed by atoms with E-state index in [9.17, 15) is 9.59 Å². The minimum absolute atomic E-state index is 0.175. The second-order valence-electron chi connectivity index (χ2n) is 5.00. The number of furan rings is 1. The maximum absolute atomic E-state index is 12.1. The quantitative estimate of drug-likeness (QED) is 0.503. The van der Waals surface area contributed by atoms with Crippen LogP contribution >= 0.6 is 15.9 Å². The predicted molar refractivity (Wildman–Crippen MR) is 95.9 cm³/mol. The van der Waals surface area contributed by atoms with Crippen LogP contribution < -0.4 is 4.74 Å². The molecule has 134 valence electrons. The molecule has 0 atom stereocenters. The van der Waals surface area contributed by atoms with Gasteiger partial charge in [-0.05, 0) is 54.9 Å². The van der Waals surface area contributed by atoms with Crippen molar-refractivity contribution in [3.05, 3.63) is 40.1 Å². The van der Waals surface area contributed by atoms with Crippen LogP contribution in [0.15, 0.2) is 33.2 Å². The monoisotopic (exact) mass is 410 g/mol. The molecule has 0 amide bonds. The highest BCUT2D eigenvalue weighted by Crippen LogP contribution is 2.35. The Labute approximate surface area is 153 Å². The van der Waals surface area contributed by atoms with Gasteiger partial charge in [-0.15, -0.1) is 0 Å². The lowest BCUT2D eigenvalue weighted by molar-refractivity contribution is -0.137. The molecule has 0 spiro atoms. The zero-order valence-corrected chi connectivity index (χ0v) is 15.8. The summed E-state index contributed by atoms with van der Waals surface area (Å²) in [5.41, 5.74) is 0.943. The van der Waals surface area contributed by atoms with Gasteiger partial charge in [-0.3, -0.25) is 0 Å². The van der Waals surface area contributed by atoms with Crippen LogP contribution in [0.5, 0.6) is 5.75 Å². The summed E-state index contributed by atoms with van der Waals surface area (Å²) in [5, 5.41) is 0.614. The maximum Gasteiger partial charge on any atom is 0.342 e. The van der Waals surface area contributed by atoms with Gasteiger partial charge in [0.05, 0.1) is 17.7 Å². The first kappa shape index (κ1) is 19.1. The van der Waals surface area contributed by atoms with Crippen molar-refractivity contribution in [3.8, 4) is 5.75 Å².